The minimum atomic E-state index is 0.792. The van der Waals surface area contributed by atoms with Crippen LogP contribution in [0.25, 0.3) is 0 Å². The first-order valence-corrected chi connectivity index (χ1v) is 7.63. The second kappa shape index (κ2) is 6.59. The Morgan fingerprint density at radius 1 is 0.952 bits per heavy atom. The molecule has 1 N–H and O–H groups in total. The molecule has 0 aliphatic heterocycles. The number of benzene rings is 2. The van der Waals surface area contributed by atoms with Gasteiger partial charge in [-0.25, -0.2) is 0 Å². The van der Waals surface area contributed by atoms with Crippen LogP contribution in [0.5, 0.6) is 0 Å². The third-order valence-electron chi connectivity index (χ3n) is 3.23. The normalized spacial score (nSPS) is 10.5. The lowest BCUT2D eigenvalue weighted by molar-refractivity contribution is 0.687. The molecule has 0 amide bonds. The molecular formula is C17H16BrN3. The summed E-state index contributed by atoms with van der Waals surface area (Å²) in [4.78, 5) is 0. The largest absolute Gasteiger partial charge is 0.378 e. The van der Waals surface area contributed by atoms with Gasteiger partial charge in [0.05, 0.1) is 18.4 Å². The van der Waals surface area contributed by atoms with E-state index < -0.39 is 0 Å². The van der Waals surface area contributed by atoms with Crippen molar-refractivity contribution >= 4 is 21.6 Å². The lowest BCUT2D eigenvalue weighted by Crippen LogP contribution is -2.00. The molecule has 0 saturated carbocycles. The average molecular weight is 342 g/mol. The molecule has 1 aromatic heterocycles. The third kappa shape index (κ3) is 3.95. The summed E-state index contributed by atoms with van der Waals surface area (Å²) in [6, 6.07) is 18.6. The van der Waals surface area contributed by atoms with Crippen LogP contribution in [0.1, 0.15) is 11.1 Å². The van der Waals surface area contributed by atoms with Gasteiger partial charge >= 0.3 is 0 Å². The number of aromatic nitrogens is 2. The summed E-state index contributed by atoms with van der Waals surface area (Å²) >= 11 is 3.44. The lowest BCUT2D eigenvalue weighted by Gasteiger charge is -2.04. The van der Waals surface area contributed by atoms with E-state index >= 15 is 0 Å². The summed E-state index contributed by atoms with van der Waals surface area (Å²) in [7, 11) is 0. The molecule has 0 bridgehead atoms. The van der Waals surface area contributed by atoms with Gasteiger partial charge in [0, 0.05) is 17.2 Å². The fourth-order valence-corrected chi connectivity index (χ4v) is 2.38. The molecule has 3 nitrogen and oxygen atoms in total. The van der Waals surface area contributed by atoms with E-state index in [4.69, 9.17) is 0 Å². The topological polar surface area (TPSA) is 29.9 Å². The summed E-state index contributed by atoms with van der Waals surface area (Å²) < 4.78 is 3.04. The van der Waals surface area contributed by atoms with Crippen LogP contribution < -0.4 is 5.32 Å². The highest BCUT2D eigenvalue weighted by atomic mass is 79.9. The maximum Gasteiger partial charge on any atom is 0.0729 e. The SMILES string of the molecule is Brc1ccc(CNc2cnn(Cc3ccccc3)c2)cc1. The minimum absolute atomic E-state index is 0.792. The van der Waals surface area contributed by atoms with Crippen LogP contribution in [0.4, 0.5) is 5.69 Å². The molecule has 0 radical (unpaired) electrons. The molecule has 3 rings (SSSR count). The summed E-state index contributed by atoms with van der Waals surface area (Å²) in [6.45, 7) is 1.59. The maximum absolute atomic E-state index is 4.38. The second-order valence-corrected chi connectivity index (χ2v) is 5.81. The molecule has 4 heteroatoms. The Morgan fingerprint density at radius 3 is 2.48 bits per heavy atom. The standard InChI is InChI=1S/C17H16BrN3/c18-16-8-6-14(7-9-16)10-19-17-11-20-21(13-17)12-15-4-2-1-3-5-15/h1-9,11,13,19H,10,12H2. The van der Waals surface area contributed by atoms with Gasteiger partial charge in [-0.2, -0.15) is 5.10 Å². The predicted molar refractivity (Wildman–Crippen MR) is 89.2 cm³/mol. The Morgan fingerprint density at radius 2 is 1.71 bits per heavy atom. The first-order valence-electron chi connectivity index (χ1n) is 6.84. The molecule has 0 spiro atoms. The Kier molecular flexibility index (Phi) is 4.36. The minimum Gasteiger partial charge on any atom is -0.378 e. The number of anilines is 1. The smallest absolute Gasteiger partial charge is 0.0729 e. The Labute approximate surface area is 132 Å². The van der Waals surface area contributed by atoms with E-state index in [1.54, 1.807) is 0 Å². The van der Waals surface area contributed by atoms with Gasteiger partial charge < -0.3 is 5.32 Å². The van der Waals surface area contributed by atoms with Crippen LogP contribution in [0.2, 0.25) is 0 Å². The van der Waals surface area contributed by atoms with Gasteiger partial charge in [-0.15, -0.1) is 0 Å². The first-order chi connectivity index (χ1) is 10.3. The quantitative estimate of drug-likeness (QED) is 0.749. The molecule has 3 aromatic rings. The number of nitrogens with zero attached hydrogens (tertiary/aromatic N) is 2. The molecule has 21 heavy (non-hydrogen) atoms. The number of halogens is 1. The van der Waals surface area contributed by atoms with E-state index in [-0.39, 0.29) is 0 Å². The van der Waals surface area contributed by atoms with Crippen LogP contribution in [0, 0.1) is 0 Å². The third-order valence-corrected chi connectivity index (χ3v) is 3.76. The van der Waals surface area contributed by atoms with Gasteiger partial charge in [-0.05, 0) is 23.3 Å². The zero-order valence-corrected chi connectivity index (χ0v) is 13.1. The Balaban J connectivity index is 1.59. The molecule has 2 aromatic carbocycles. The van der Waals surface area contributed by atoms with Crippen molar-refractivity contribution < 1.29 is 0 Å². The van der Waals surface area contributed by atoms with Gasteiger partial charge in [0.1, 0.15) is 0 Å². The Hall–Kier alpha value is -2.07. The molecule has 0 aliphatic carbocycles. The van der Waals surface area contributed by atoms with E-state index in [1.807, 2.05) is 35.3 Å². The number of hydrogen-bond acceptors (Lipinski definition) is 2. The van der Waals surface area contributed by atoms with Crippen LogP contribution in [-0.4, -0.2) is 9.78 Å². The monoisotopic (exact) mass is 341 g/mol. The fraction of sp³-hybridized carbons (Fsp3) is 0.118. The summed E-state index contributed by atoms with van der Waals surface area (Å²) in [5.41, 5.74) is 3.53. The van der Waals surface area contributed by atoms with Crippen LogP contribution in [-0.2, 0) is 13.1 Å². The fourth-order valence-electron chi connectivity index (χ4n) is 2.12. The van der Waals surface area contributed by atoms with Gasteiger partial charge in [0.25, 0.3) is 0 Å². The van der Waals surface area contributed by atoms with Crippen molar-refractivity contribution in [2.24, 2.45) is 0 Å². The van der Waals surface area contributed by atoms with E-state index in [0.717, 1.165) is 23.2 Å². The van der Waals surface area contributed by atoms with Crippen LogP contribution >= 0.6 is 15.9 Å². The second-order valence-electron chi connectivity index (χ2n) is 4.89. The molecule has 0 unspecified atom stereocenters. The van der Waals surface area contributed by atoms with Gasteiger partial charge in [0.2, 0.25) is 0 Å². The van der Waals surface area contributed by atoms with E-state index in [0.29, 0.717) is 0 Å². The van der Waals surface area contributed by atoms with Crippen LogP contribution in [0.3, 0.4) is 0 Å². The van der Waals surface area contributed by atoms with E-state index in [1.165, 1.54) is 11.1 Å². The zero-order chi connectivity index (χ0) is 14.5. The molecule has 0 atom stereocenters. The van der Waals surface area contributed by atoms with Crippen LogP contribution in [0.15, 0.2) is 71.5 Å². The van der Waals surface area contributed by atoms with Gasteiger partial charge in [-0.1, -0.05) is 58.4 Å². The highest BCUT2D eigenvalue weighted by molar-refractivity contribution is 9.10. The molecule has 1 heterocycles. The number of nitrogens with one attached hydrogen (secondary N) is 1. The molecule has 106 valence electrons. The van der Waals surface area contributed by atoms with Crippen molar-refractivity contribution in [3.63, 3.8) is 0 Å². The van der Waals surface area contributed by atoms with Gasteiger partial charge in [0.15, 0.2) is 0 Å². The van der Waals surface area contributed by atoms with Gasteiger partial charge in [-0.3, -0.25) is 4.68 Å². The lowest BCUT2D eigenvalue weighted by atomic mass is 10.2. The summed E-state index contributed by atoms with van der Waals surface area (Å²) in [6.07, 6.45) is 3.90. The average Bonchev–Trinajstić information content (AvgIpc) is 2.95. The Bertz CT molecular complexity index is 690. The molecular weight excluding hydrogens is 326 g/mol. The maximum atomic E-state index is 4.38. The molecule has 0 fully saturated rings. The van der Waals surface area contributed by atoms with Crippen molar-refractivity contribution in [3.8, 4) is 0 Å². The van der Waals surface area contributed by atoms with Crippen molar-refractivity contribution in [2.75, 3.05) is 5.32 Å². The highest BCUT2D eigenvalue weighted by Gasteiger charge is 2.00. The summed E-state index contributed by atoms with van der Waals surface area (Å²) in [5.74, 6) is 0. The zero-order valence-electron chi connectivity index (χ0n) is 11.5. The van der Waals surface area contributed by atoms with E-state index in [2.05, 4.69) is 62.7 Å². The van der Waals surface area contributed by atoms with Crippen molar-refractivity contribution in [1.82, 2.24) is 9.78 Å². The first kappa shape index (κ1) is 13.9. The summed E-state index contributed by atoms with van der Waals surface area (Å²) in [5, 5.41) is 7.77. The highest BCUT2D eigenvalue weighted by Crippen LogP contribution is 2.13. The number of rotatable bonds is 5. The van der Waals surface area contributed by atoms with E-state index in [9.17, 15) is 0 Å². The molecule has 0 saturated heterocycles. The molecule has 0 aliphatic rings. The van der Waals surface area contributed by atoms with Crippen molar-refractivity contribution in [1.29, 1.82) is 0 Å². The number of hydrogen-bond donors (Lipinski definition) is 1. The van der Waals surface area contributed by atoms with Crippen molar-refractivity contribution in [3.05, 3.63) is 82.6 Å². The predicted octanol–water partition coefficient (Wildman–Crippen LogP) is 4.31. The van der Waals surface area contributed by atoms with Crippen molar-refractivity contribution in [2.45, 2.75) is 13.1 Å².